The topological polar surface area (TPSA) is 71.5 Å². The van der Waals surface area contributed by atoms with E-state index in [0.29, 0.717) is 23.4 Å². The number of aryl methyl sites for hydroxylation is 1. The quantitative estimate of drug-likeness (QED) is 0.828. The van der Waals surface area contributed by atoms with E-state index >= 15 is 0 Å². The van der Waals surface area contributed by atoms with E-state index in [1.54, 1.807) is 0 Å². The van der Waals surface area contributed by atoms with Gasteiger partial charge in [0.05, 0.1) is 19.5 Å². The summed E-state index contributed by atoms with van der Waals surface area (Å²) in [6.07, 6.45) is 7.08. The molecule has 4 heterocycles. The van der Waals surface area contributed by atoms with E-state index in [1.807, 2.05) is 18.0 Å². The van der Waals surface area contributed by atoms with Crippen molar-refractivity contribution >= 4 is 11.6 Å². The zero-order valence-electron chi connectivity index (χ0n) is 15.8. The first-order valence-corrected chi connectivity index (χ1v) is 9.47. The summed E-state index contributed by atoms with van der Waals surface area (Å²) >= 11 is 0. The fourth-order valence-corrected chi connectivity index (χ4v) is 4.19. The van der Waals surface area contributed by atoms with E-state index in [1.165, 1.54) is 25.2 Å². The molecule has 2 aromatic rings. The molecule has 7 heteroatoms. The molecule has 1 amide bonds. The van der Waals surface area contributed by atoms with Crippen molar-refractivity contribution in [3.8, 4) is 5.88 Å². The lowest BCUT2D eigenvalue weighted by Gasteiger charge is -2.24. The van der Waals surface area contributed by atoms with Crippen molar-refractivity contribution in [3.05, 3.63) is 42.1 Å². The van der Waals surface area contributed by atoms with E-state index in [4.69, 9.17) is 4.74 Å². The Morgan fingerprint density at radius 3 is 2.44 bits per heavy atom. The predicted molar refractivity (Wildman–Crippen MR) is 102 cm³/mol. The molecule has 2 aliphatic heterocycles. The van der Waals surface area contributed by atoms with Gasteiger partial charge in [-0.25, -0.2) is 9.97 Å². The van der Waals surface area contributed by atoms with Gasteiger partial charge in [0.25, 0.3) is 5.91 Å². The maximum atomic E-state index is 12.8. The van der Waals surface area contributed by atoms with Crippen LogP contribution in [-0.2, 0) is 0 Å². The van der Waals surface area contributed by atoms with E-state index in [0.717, 1.165) is 44.7 Å². The number of hydrogen-bond donors (Lipinski definition) is 0. The summed E-state index contributed by atoms with van der Waals surface area (Å²) in [5.41, 5.74) is 2.69. The monoisotopic (exact) mass is 367 g/mol. The molecule has 2 saturated heterocycles. The van der Waals surface area contributed by atoms with Crippen LogP contribution >= 0.6 is 0 Å². The molecule has 2 aromatic heterocycles. The fourth-order valence-electron chi connectivity index (χ4n) is 4.19. The van der Waals surface area contributed by atoms with Crippen LogP contribution in [0.15, 0.2) is 30.7 Å². The van der Waals surface area contributed by atoms with Crippen molar-refractivity contribution in [2.45, 2.75) is 19.8 Å². The number of carbonyl (C=O) groups excluding carboxylic acids is 1. The molecular weight excluding hydrogens is 342 g/mol. The Morgan fingerprint density at radius 1 is 1.11 bits per heavy atom. The molecule has 0 saturated carbocycles. The maximum Gasteiger partial charge on any atom is 0.274 e. The lowest BCUT2D eigenvalue weighted by atomic mass is 9.92. The normalized spacial score (nSPS) is 22.3. The van der Waals surface area contributed by atoms with Crippen molar-refractivity contribution in [2.75, 3.05) is 38.2 Å². The Hall–Kier alpha value is -2.70. The second kappa shape index (κ2) is 7.50. The van der Waals surface area contributed by atoms with E-state index in [-0.39, 0.29) is 5.91 Å². The summed E-state index contributed by atoms with van der Waals surface area (Å²) in [6.45, 7) is 5.69. The number of rotatable bonds is 3. The van der Waals surface area contributed by atoms with Crippen LogP contribution in [-0.4, -0.2) is 59.0 Å². The van der Waals surface area contributed by atoms with E-state index in [2.05, 4.69) is 32.0 Å². The van der Waals surface area contributed by atoms with Crippen molar-refractivity contribution < 1.29 is 9.53 Å². The van der Waals surface area contributed by atoms with Gasteiger partial charge in [0.2, 0.25) is 5.88 Å². The standard InChI is InChI=1S/C20H25N5O2/c1-14-9-17(3-6-21-14)24-7-4-15-12-25(13-16(15)5-8-24)20(26)18-10-23-19(27-2)11-22-18/h3,6,9-11,15-16H,4-5,7-8,12-13H2,1-2H3/t15-,16+. The number of fused-ring (bicyclic) bond motifs is 1. The second-order valence-corrected chi connectivity index (χ2v) is 7.39. The average Bonchev–Trinajstić information content (AvgIpc) is 3.00. The van der Waals surface area contributed by atoms with Gasteiger partial charge in [-0.15, -0.1) is 0 Å². The Kier molecular flexibility index (Phi) is 4.92. The molecule has 2 atom stereocenters. The largest absolute Gasteiger partial charge is 0.480 e. The van der Waals surface area contributed by atoms with Crippen LogP contribution in [0.1, 0.15) is 29.0 Å². The number of methoxy groups -OCH3 is 1. The summed E-state index contributed by atoms with van der Waals surface area (Å²) in [6, 6.07) is 4.24. The third kappa shape index (κ3) is 3.72. The van der Waals surface area contributed by atoms with Crippen molar-refractivity contribution in [3.63, 3.8) is 0 Å². The van der Waals surface area contributed by atoms with Crippen LogP contribution in [0.3, 0.4) is 0 Å². The molecule has 0 aliphatic carbocycles. The van der Waals surface area contributed by atoms with Gasteiger partial charge in [-0.2, -0.15) is 0 Å². The van der Waals surface area contributed by atoms with Crippen LogP contribution < -0.4 is 9.64 Å². The number of pyridine rings is 1. The highest BCUT2D eigenvalue weighted by molar-refractivity contribution is 5.92. The van der Waals surface area contributed by atoms with Crippen LogP contribution in [0.2, 0.25) is 0 Å². The minimum atomic E-state index is -0.0279. The first-order valence-electron chi connectivity index (χ1n) is 9.47. The number of ether oxygens (including phenoxy) is 1. The van der Waals surface area contributed by atoms with Crippen LogP contribution in [0.5, 0.6) is 5.88 Å². The lowest BCUT2D eigenvalue weighted by Crippen LogP contribution is -2.31. The van der Waals surface area contributed by atoms with Crippen molar-refractivity contribution in [1.29, 1.82) is 0 Å². The molecule has 0 radical (unpaired) electrons. The van der Waals surface area contributed by atoms with Crippen LogP contribution in [0.25, 0.3) is 0 Å². The van der Waals surface area contributed by atoms with E-state index in [9.17, 15) is 4.79 Å². The molecule has 0 unspecified atom stereocenters. The van der Waals surface area contributed by atoms with Gasteiger partial charge in [-0.05, 0) is 43.7 Å². The molecule has 27 heavy (non-hydrogen) atoms. The number of likely N-dealkylation sites (tertiary alicyclic amines) is 1. The van der Waals surface area contributed by atoms with Gasteiger partial charge >= 0.3 is 0 Å². The third-order valence-electron chi connectivity index (χ3n) is 5.71. The van der Waals surface area contributed by atoms with Crippen molar-refractivity contribution in [1.82, 2.24) is 19.9 Å². The molecule has 0 spiro atoms. The number of carbonyl (C=O) groups is 1. The van der Waals surface area contributed by atoms with Crippen LogP contribution in [0, 0.1) is 18.8 Å². The average molecular weight is 367 g/mol. The number of aromatic nitrogens is 3. The molecule has 2 fully saturated rings. The van der Waals surface area contributed by atoms with Gasteiger partial charge in [-0.3, -0.25) is 9.78 Å². The van der Waals surface area contributed by atoms with E-state index < -0.39 is 0 Å². The first-order chi connectivity index (χ1) is 13.1. The zero-order chi connectivity index (χ0) is 18.8. The Balaban J connectivity index is 1.39. The Labute approximate surface area is 159 Å². The molecule has 4 rings (SSSR count). The third-order valence-corrected chi connectivity index (χ3v) is 5.71. The highest BCUT2D eigenvalue weighted by Gasteiger charge is 2.37. The number of anilines is 1. The number of amides is 1. The van der Waals surface area contributed by atoms with Crippen molar-refractivity contribution in [2.24, 2.45) is 11.8 Å². The van der Waals surface area contributed by atoms with Gasteiger partial charge in [0.1, 0.15) is 5.69 Å². The smallest absolute Gasteiger partial charge is 0.274 e. The SMILES string of the molecule is COc1cnc(C(=O)N2C[C@H]3CCN(c4ccnc(C)c4)CC[C@H]3C2)cn1. The Morgan fingerprint density at radius 2 is 1.85 bits per heavy atom. The van der Waals surface area contributed by atoms with Crippen LogP contribution in [0.4, 0.5) is 5.69 Å². The molecule has 7 nitrogen and oxygen atoms in total. The number of nitrogens with zero attached hydrogens (tertiary/aromatic N) is 5. The van der Waals surface area contributed by atoms with Gasteiger partial charge in [0.15, 0.2) is 0 Å². The summed E-state index contributed by atoms with van der Waals surface area (Å²) in [4.78, 5) is 29.8. The highest BCUT2D eigenvalue weighted by atomic mass is 16.5. The summed E-state index contributed by atoms with van der Waals surface area (Å²) in [7, 11) is 1.54. The molecule has 0 bridgehead atoms. The summed E-state index contributed by atoms with van der Waals surface area (Å²) in [5, 5.41) is 0. The molecule has 0 N–H and O–H groups in total. The zero-order valence-corrected chi connectivity index (χ0v) is 15.8. The maximum absolute atomic E-state index is 12.8. The van der Waals surface area contributed by atoms with Gasteiger partial charge in [0, 0.05) is 43.8 Å². The van der Waals surface area contributed by atoms with Gasteiger partial charge in [-0.1, -0.05) is 0 Å². The minimum Gasteiger partial charge on any atom is -0.480 e. The lowest BCUT2D eigenvalue weighted by molar-refractivity contribution is 0.0776. The van der Waals surface area contributed by atoms with Gasteiger partial charge < -0.3 is 14.5 Å². The second-order valence-electron chi connectivity index (χ2n) is 7.39. The summed E-state index contributed by atoms with van der Waals surface area (Å²) < 4.78 is 5.01. The molecule has 0 aromatic carbocycles. The molecular formula is C20H25N5O2. The highest BCUT2D eigenvalue weighted by Crippen LogP contribution is 2.33. The molecule has 142 valence electrons. The molecule has 2 aliphatic rings. The minimum absolute atomic E-state index is 0.0279. The Bertz CT molecular complexity index is 794. The predicted octanol–water partition coefficient (Wildman–Crippen LogP) is 2.18. The fraction of sp³-hybridized carbons (Fsp3) is 0.500. The number of hydrogen-bond acceptors (Lipinski definition) is 6. The first kappa shape index (κ1) is 17.7. The summed E-state index contributed by atoms with van der Waals surface area (Å²) in [5.74, 6) is 1.49.